The molecule has 1 aromatic heterocycles. The molecule has 0 saturated heterocycles. The summed E-state index contributed by atoms with van der Waals surface area (Å²) in [6.07, 6.45) is 0. The Hall–Kier alpha value is -1.44. The third-order valence-corrected chi connectivity index (χ3v) is 5.46. The lowest BCUT2D eigenvalue weighted by Crippen LogP contribution is -2.25. The molecule has 1 N–H and O–H groups in total. The van der Waals surface area contributed by atoms with Crippen LogP contribution in [0.25, 0.3) is 10.1 Å². The van der Waals surface area contributed by atoms with Gasteiger partial charge in [0.05, 0.1) is 12.9 Å². The Labute approximate surface area is 121 Å². The molecule has 0 atom stereocenters. The van der Waals surface area contributed by atoms with Crippen molar-refractivity contribution in [1.82, 2.24) is 4.72 Å². The molecule has 2 aromatic rings. The predicted octanol–water partition coefficient (Wildman–Crippen LogP) is 2.13. The zero-order chi connectivity index (χ0) is 14.8. The van der Waals surface area contributed by atoms with Crippen LogP contribution < -0.4 is 4.72 Å². The van der Waals surface area contributed by atoms with Crippen molar-refractivity contribution in [3.05, 3.63) is 34.7 Å². The van der Waals surface area contributed by atoms with Crippen LogP contribution in [0.5, 0.6) is 0 Å². The van der Waals surface area contributed by atoms with Gasteiger partial charge in [-0.05, 0) is 18.4 Å². The number of thiophene rings is 1. The molecule has 1 aromatic carbocycles. The standard InChI is InChI=1S/C13H15NO4S2/c1-3-20(16,17)14-8-10-9-6-4-5-7-11(9)19-12(10)13(15)18-2/h4-7,14H,3,8H2,1-2H3. The number of hydrogen-bond donors (Lipinski definition) is 1. The zero-order valence-electron chi connectivity index (χ0n) is 11.2. The van der Waals surface area contributed by atoms with Crippen molar-refractivity contribution >= 4 is 37.4 Å². The molecule has 0 amide bonds. The summed E-state index contributed by atoms with van der Waals surface area (Å²) in [5.74, 6) is -0.445. The lowest BCUT2D eigenvalue weighted by atomic mass is 10.1. The molecule has 20 heavy (non-hydrogen) atoms. The molecule has 0 saturated carbocycles. The predicted molar refractivity (Wildman–Crippen MR) is 79.5 cm³/mol. The highest BCUT2D eigenvalue weighted by Gasteiger charge is 2.19. The Kier molecular flexibility index (Phi) is 4.42. The largest absolute Gasteiger partial charge is 0.465 e. The van der Waals surface area contributed by atoms with Gasteiger partial charge in [-0.1, -0.05) is 18.2 Å². The van der Waals surface area contributed by atoms with Crippen molar-refractivity contribution < 1.29 is 17.9 Å². The number of hydrogen-bond acceptors (Lipinski definition) is 5. The second kappa shape index (κ2) is 5.90. The van der Waals surface area contributed by atoms with Gasteiger partial charge in [0.2, 0.25) is 10.0 Å². The van der Waals surface area contributed by atoms with Crippen LogP contribution in [0.1, 0.15) is 22.2 Å². The maximum absolute atomic E-state index is 11.8. The number of esters is 1. The van der Waals surface area contributed by atoms with Gasteiger partial charge in [-0.3, -0.25) is 0 Å². The summed E-state index contributed by atoms with van der Waals surface area (Å²) in [5, 5.41) is 0.872. The van der Waals surface area contributed by atoms with Crippen molar-refractivity contribution in [3.8, 4) is 0 Å². The average Bonchev–Trinajstić information content (AvgIpc) is 2.83. The molecular formula is C13H15NO4S2. The lowest BCUT2D eigenvalue weighted by molar-refractivity contribution is 0.0605. The second-order valence-corrected chi connectivity index (χ2v) is 7.27. The quantitative estimate of drug-likeness (QED) is 0.858. The molecule has 0 spiro atoms. The summed E-state index contributed by atoms with van der Waals surface area (Å²) in [5.41, 5.74) is 0.662. The zero-order valence-corrected chi connectivity index (χ0v) is 12.8. The number of carbonyl (C=O) groups is 1. The van der Waals surface area contributed by atoms with Crippen molar-refractivity contribution in [2.45, 2.75) is 13.5 Å². The first-order valence-electron chi connectivity index (χ1n) is 6.04. The third-order valence-electron chi connectivity index (χ3n) is 2.92. The molecular weight excluding hydrogens is 298 g/mol. The number of methoxy groups -OCH3 is 1. The monoisotopic (exact) mass is 313 g/mol. The molecule has 0 aliphatic carbocycles. The number of nitrogens with one attached hydrogen (secondary N) is 1. The van der Waals surface area contributed by atoms with E-state index in [0.29, 0.717) is 10.4 Å². The fourth-order valence-corrected chi connectivity index (χ4v) is 3.52. The van der Waals surface area contributed by atoms with E-state index in [1.54, 1.807) is 6.92 Å². The van der Waals surface area contributed by atoms with Gasteiger partial charge in [0.1, 0.15) is 4.88 Å². The molecule has 0 fully saturated rings. The molecule has 108 valence electrons. The second-order valence-electron chi connectivity index (χ2n) is 4.12. The van der Waals surface area contributed by atoms with E-state index in [9.17, 15) is 13.2 Å². The minimum atomic E-state index is -3.31. The summed E-state index contributed by atoms with van der Waals surface area (Å²) < 4.78 is 31.3. The van der Waals surface area contributed by atoms with E-state index >= 15 is 0 Å². The van der Waals surface area contributed by atoms with Gasteiger partial charge < -0.3 is 4.74 Å². The average molecular weight is 313 g/mol. The van der Waals surface area contributed by atoms with E-state index in [-0.39, 0.29) is 12.3 Å². The third kappa shape index (κ3) is 3.00. The summed E-state index contributed by atoms with van der Waals surface area (Å²) in [6, 6.07) is 7.49. The number of sulfonamides is 1. The van der Waals surface area contributed by atoms with E-state index < -0.39 is 16.0 Å². The van der Waals surface area contributed by atoms with Crippen LogP contribution in [0.3, 0.4) is 0 Å². The van der Waals surface area contributed by atoms with E-state index in [1.807, 2.05) is 24.3 Å². The molecule has 0 bridgehead atoms. The normalized spacial score (nSPS) is 11.7. The first kappa shape index (κ1) is 15.0. The molecule has 7 heteroatoms. The molecule has 0 aliphatic rings. The number of rotatable bonds is 5. The summed E-state index contributed by atoms with van der Waals surface area (Å²) >= 11 is 1.31. The molecule has 1 heterocycles. The molecule has 0 aliphatic heterocycles. The van der Waals surface area contributed by atoms with E-state index in [2.05, 4.69) is 4.72 Å². The van der Waals surface area contributed by atoms with Crippen molar-refractivity contribution in [1.29, 1.82) is 0 Å². The topological polar surface area (TPSA) is 72.5 Å². The minimum Gasteiger partial charge on any atom is -0.465 e. The van der Waals surface area contributed by atoms with Crippen molar-refractivity contribution in [2.75, 3.05) is 12.9 Å². The van der Waals surface area contributed by atoms with Crippen molar-refractivity contribution in [3.63, 3.8) is 0 Å². The summed E-state index contributed by atoms with van der Waals surface area (Å²) in [7, 11) is -2.00. The van der Waals surface area contributed by atoms with Gasteiger partial charge in [-0.25, -0.2) is 17.9 Å². The highest BCUT2D eigenvalue weighted by atomic mass is 32.2. The fourth-order valence-electron chi connectivity index (χ4n) is 1.82. The summed E-state index contributed by atoms with van der Waals surface area (Å²) in [4.78, 5) is 12.2. The first-order chi connectivity index (χ1) is 9.48. The van der Waals surface area contributed by atoms with Crippen LogP contribution in [0.15, 0.2) is 24.3 Å². The summed E-state index contributed by atoms with van der Waals surface area (Å²) in [6.45, 7) is 1.65. The maximum atomic E-state index is 11.8. The van der Waals surface area contributed by atoms with Gasteiger partial charge in [0.25, 0.3) is 0 Å². The Morgan fingerprint density at radius 2 is 2.05 bits per heavy atom. The minimum absolute atomic E-state index is 0.00261. The SMILES string of the molecule is CCS(=O)(=O)NCc1c(C(=O)OC)sc2ccccc12. The van der Waals surface area contributed by atoms with Crippen LogP contribution in [0, 0.1) is 0 Å². The Morgan fingerprint density at radius 1 is 1.35 bits per heavy atom. The van der Waals surface area contributed by atoms with Crippen LogP contribution in [0.2, 0.25) is 0 Å². The van der Waals surface area contributed by atoms with Crippen LogP contribution in [0.4, 0.5) is 0 Å². The van der Waals surface area contributed by atoms with E-state index in [0.717, 1.165) is 10.1 Å². The number of carbonyl (C=O) groups excluding carboxylic acids is 1. The Bertz CT molecular complexity index is 734. The molecule has 0 radical (unpaired) electrons. The van der Waals surface area contributed by atoms with E-state index in [1.165, 1.54) is 18.4 Å². The highest BCUT2D eigenvalue weighted by Crippen LogP contribution is 2.31. The number of benzene rings is 1. The Morgan fingerprint density at radius 3 is 2.70 bits per heavy atom. The molecule has 5 nitrogen and oxygen atoms in total. The van der Waals surface area contributed by atoms with Gasteiger partial charge in [0.15, 0.2) is 0 Å². The first-order valence-corrected chi connectivity index (χ1v) is 8.51. The highest BCUT2D eigenvalue weighted by molar-refractivity contribution is 7.89. The van der Waals surface area contributed by atoms with Crippen LogP contribution >= 0.6 is 11.3 Å². The van der Waals surface area contributed by atoms with Gasteiger partial charge in [-0.15, -0.1) is 11.3 Å². The van der Waals surface area contributed by atoms with Gasteiger partial charge in [0, 0.05) is 16.8 Å². The molecule has 2 rings (SSSR count). The van der Waals surface area contributed by atoms with Gasteiger partial charge in [-0.2, -0.15) is 0 Å². The lowest BCUT2D eigenvalue weighted by Gasteiger charge is -2.06. The van der Waals surface area contributed by atoms with Crippen LogP contribution in [-0.4, -0.2) is 27.2 Å². The fraction of sp³-hybridized carbons (Fsp3) is 0.308. The van der Waals surface area contributed by atoms with E-state index in [4.69, 9.17) is 4.74 Å². The number of fused-ring (bicyclic) bond motifs is 1. The smallest absolute Gasteiger partial charge is 0.348 e. The maximum Gasteiger partial charge on any atom is 0.348 e. The Balaban J connectivity index is 2.46. The van der Waals surface area contributed by atoms with Crippen molar-refractivity contribution in [2.24, 2.45) is 0 Å². The van der Waals surface area contributed by atoms with Crippen LogP contribution in [-0.2, 0) is 21.3 Å². The number of ether oxygens (including phenoxy) is 1. The van der Waals surface area contributed by atoms with Gasteiger partial charge >= 0.3 is 5.97 Å². The molecule has 0 unspecified atom stereocenters.